The number of anilines is 1. The third-order valence-corrected chi connectivity index (χ3v) is 8.37. The first-order valence-electron chi connectivity index (χ1n) is 12.6. The van der Waals surface area contributed by atoms with E-state index < -0.39 is 26.7 Å². The minimum absolute atomic E-state index is 0.00837. The number of alkyl halides is 3. The fourth-order valence-corrected chi connectivity index (χ4v) is 6.01. The lowest BCUT2D eigenvalue weighted by molar-refractivity contribution is -0.137. The van der Waals surface area contributed by atoms with E-state index in [4.69, 9.17) is 9.84 Å². The number of hydrogen-bond acceptors (Lipinski definition) is 4. The lowest BCUT2D eigenvalue weighted by Crippen LogP contribution is -2.38. The van der Waals surface area contributed by atoms with E-state index in [2.05, 4.69) is 18.7 Å². The summed E-state index contributed by atoms with van der Waals surface area (Å²) in [6.07, 6.45) is 1.05. The van der Waals surface area contributed by atoms with E-state index in [1.54, 1.807) is 12.1 Å². The van der Waals surface area contributed by atoms with Crippen molar-refractivity contribution in [3.63, 3.8) is 0 Å². The topological polar surface area (TPSA) is 66.8 Å². The van der Waals surface area contributed by atoms with Gasteiger partial charge in [-0.2, -0.15) is 13.2 Å². The molecule has 1 heterocycles. The Labute approximate surface area is 226 Å². The summed E-state index contributed by atoms with van der Waals surface area (Å²) in [4.78, 5) is -0.403. The zero-order valence-electron chi connectivity index (χ0n) is 21.5. The second-order valence-corrected chi connectivity index (χ2v) is 11.1. The molecule has 39 heavy (non-hydrogen) atoms. The van der Waals surface area contributed by atoms with Crippen LogP contribution in [0.15, 0.2) is 84.0 Å². The van der Waals surface area contributed by atoms with Gasteiger partial charge in [0.15, 0.2) is 0 Å². The first-order valence-corrected chi connectivity index (χ1v) is 14.1. The lowest BCUT2D eigenvalue weighted by Gasteiger charge is -2.31. The van der Waals surface area contributed by atoms with Crippen LogP contribution < -0.4 is 9.04 Å². The number of halogens is 3. The maximum Gasteiger partial charge on any atom is 0.416 e. The van der Waals surface area contributed by atoms with Crippen LogP contribution in [0.1, 0.15) is 48.4 Å². The fraction of sp³-hybridized carbons (Fsp3) is 0.267. The minimum Gasteiger partial charge on any atom is -0.513 e. The first-order chi connectivity index (χ1) is 18.5. The molecule has 0 aromatic heterocycles. The fourth-order valence-electron chi connectivity index (χ4n) is 4.52. The van der Waals surface area contributed by atoms with Gasteiger partial charge in [-0.05, 0) is 71.9 Å². The highest BCUT2D eigenvalue weighted by Gasteiger charge is 2.34. The van der Waals surface area contributed by atoms with Crippen molar-refractivity contribution in [3.05, 3.63) is 101 Å². The SMILES string of the molecule is C=C(O)CC.O=S(=O)(c1cccc(C(F)(F)F)c1)N1CCOc2ccc(/C=C3\CCCc4ccccc43)cc21. The number of allylic oxidation sites excluding steroid dienone is 2. The van der Waals surface area contributed by atoms with Crippen molar-refractivity contribution in [1.29, 1.82) is 0 Å². The van der Waals surface area contributed by atoms with Gasteiger partial charge in [-0.3, -0.25) is 4.31 Å². The number of rotatable bonds is 4. The molecule has 0 saturated carbocycles. The molecule has 206 valence electrons. The molecular formula is C30H30F3NO4S. The molecule has 0 fully saturated rings. The summed E-state index contributed by atoms with van der Waals surface area (Å²) in [5.41, 5.74) is 3.77. The Morgan fingerprint density at radius 3 is 2.54 bits per heavy atom. The average molecular weight is 558 g/mol. The molecule has 0 saturated heterocycles. The van der Waals surface area contributed by atoms with Gasteiger partial charge in [-0.25, -0.2) is 8.42 Å². The number of aliphatic hydroxyl groups excluding tert-OH is 1. The molecule has 9 heteroatoms. The number of ether oxygens (including phenoxy) is 1. The third kappa shape index (κ3) is 6.47. The molecule has 3 aromatic carbocycles. The number of benzene rings is 3. The van der Waals surface area contributed by atoms with E-state index in [-0.39, 0.29) is 18.9 Å². The van der Waals surface area contributed by atoms with Crippen molar-refractivity contribution in [3.8, 4) is 5.75 Å². The third-order valence-electron chi connectivity index (χ3n) is 6.56. The zero-order chi connectivity index (χ0) is 28.2. The molecule has 0 unspecified atom stereocenters. The van der Waals surface area contributed by atoms with Crippen molar-refractivity contribution in [2.24, 2.45) is 0 Å². The van der Waals surface area contributed by atoms with Gasteiger partial charge in [0.25, 0.3) is 10.0 Å². The van der Waals surface area contributed by atoms with Crippen molar-refractivity contribution in [2.45, 2.75) is 43.7 Å². The second-order valence-electron chi connectivity index (χ2n) is 9.28. The van der Waals surface area contributed by atoms with Crippen LogP contribution in [0.2, 0.25) is 0 Å². The van der Waals surface area contributed by atoms with Crippen LogP contribution in [-0.2, 0) is 22.6 Å². The predicted octanol–water partition coefficient (Wildman–Crippen LogP) is 7.64. The molecule has 3 aromatic rings. The second kappa shape index (κ2) is 11.6. The van der Waals surface area contributed by atoms with Crippen LogP contribution in [0.3, 0.4) is 0 Å². The van der Waals surface area contributed by atoms with Crippen LogP contribution in [0.25, 0.3) is 11.6 Å². The number of aliphatic hydroxyl groups is 1. The molecule has 1 aliphatic carbocycles. The number of aryl methyl sites for hydroxylation is 1. The summed E-state index contributed by atoms with van der Waals surface area (Å²) in [6, 6.07) is 17.4. The summed E-state index contributed by atoms with van der Waals surface area (Å²) >= 11 is 0. The van der Waals surface area contributed by atoms with Gasteiger partial charge in [-0.1, -0.05) is 56.0 Å². The summed E-state index contributed by atoms with van der Waals surface area (Å²) < 4.78 is 73.1. The first kappa shape index (κ1) is 28.3. The predicted molar refractivity (Wildman–Crippen MR) is 147 cm³/mol. The molecule has 1 aliphatic heterocycles. The van der Waals surface area contributed by atoms with Gasteiger partial charge in [0.2, 0.25) is 0 Å². The number of hydrogen-bond donors (Lipinski definition) is 1. The van der Waals surface area contributed by atoms with E-state index in [0.717, 1.165) is 41.3 Å². The number of fused-ring (bicyclic) bond motifs is 2. The summed E-state index contributed by atoms with van der Waals surface area (Å²) in [7, 11) is -4.22. The Bertz CT molecular complexity index is 1500. The Kier molecular flexibility index (Phi) is 8.39. The molecule has 0 radical (unpaired) electrons. The Hall–Kier alpha value is -3.72. The van der Waals surface area contributed by atoms with Crippen LogP contribution >= 0.6 is 0 Å². The highest BCUT2D eigenvalue weighted by molar-refractivity contribution is 7.92. The minimum atomic E-state index is -4.63. The van der Waals surface area contributed by atoms with E-state index in [1.165, 1.54) is 22.8 Å². The van der Waals surface area contributed by atoms with E-state index in [9.17, 15) is 21.6 Å². The largest absolute Gasteiger partial charge is 0.513 e. The van der Waals surface area contributed by atoms with E-state index in [0.29, 0.717) is 23.9 Å². The molecule has 0 spiro atoms. The molecule has 0 bridgehead atoms. The van der Waals surface area contributed by atoms with Crippen molar-refractivity contribution in [2.75, 3.05) is 17.5 Å². The maximum absolute atomic E-state index is 13.4. The highest BCUT2D eigenvalue weighted by atomic mass is 32.2. The zero-order valence-corrected chi connectivity index (χ0v) is 22.4. The molecule has 1 N–H and O–H groups in total. The summed E-state index contributed by atoms with van der Waals surface area (Å²) in [6.45, 7) is 5.20. The smallest absolute Gasteiger partial charge is 0.416 e. The standard InChI is InChI=1S/C26H22F3NO3S.C4H8O/c27-26(28,29)21-8-4-9-22(17-21)34(31,32)30-13-14-33-25-12-11-18(16-24(25)30)15-20-7-3-6-19-5-1-2-10-23(19)20;1-3-4(2)5/h1-2,4-5,8-12,15-17H,3,6-7,13-14H2;5H,2-3H2,1H3/b20-15+;. The molecule has 5 rings (SSSR count). The normalized spacial score (nSPS) is 15.9. The van der Waals surface area contributed by atoms with Gasteiger partial charge < -0.3 is 9.84 Å². The van der Waals surface area contributed by atoms with Crippen molar-refractivity contribution >= 4 is 27.4 Å². The van der Waals surface area contributed by atoms with Crippen LogP contribution in [0.4, 0.5) is 18.9 Å². The maximum atomic E-state index is 13.4. The molecule has 2 aliphatic rings. The van der Waals surface area contributed by atoms with Gasteiger partial charge in [0.1, 0.15) is 12.4 Å². The van der Waals surface area contributed by atoms with Gasteiger partial charge >= 0.3 is 6.18 Å². The molecule has 0 amide bonds. The summed E-state index contributed by atoms with van der Waals surface area (Å²) in [5, 5.41) is 8.17. The average Bonchev–Trinajstić information content (AvgIpc) is 2.93. The van der Waals surface area contributed by atoms with Gasteiger partial charge in [-0.15, -0.1) is 0 Å². The van der Waals surface area contributed by atoms with Crippen LogP contribution in [-0.4, -0.2) is 26.7 Å². The molecule has 5 nitrogen and oxygen atoms in total. The Balaban J connectivity index is 0.000000648. The number of nitrogens with zero attached hydrogens (tertiary/aromatic N) is 1. The monoisotopic (exact) mass is 557 g/mol. The lowest BCUT2D eigenvalue weighted by atomic mass is 9.86. The van der Waals surface area contributed by atoms with Crippen molar-refractivity contribution in [1.82, 2.24) is 0 Å². The van der Waals surface area contributed by atoms with Crippen molar-refractivity contribution < 1.29 is 31.4 Å². The Morgan fingerprint density at radius 1 is 1.08 bits per heavy atom. The molecular weight excluding hydrogens is 527 g/mol. The highest BCUT2D eigenvalue weighted by Crippen LogP contribution is 2.39. The van der Waals surface area contributed by atoms with Gasteiger partial charge in [0.05, 0.1) is 28.5 Å². The Morgan fingerprint density at radius 2 is 1.82 bits per heavy atom. The summed E-state index contributed by atoms with van der Waals surface area (Å²) in [5.74, 6) is 0.637. The van der Waals surface area contributed by atoms with Gasteiger partial charge in [0, 0.05) is 6.42 Å². The van der Waals surface area contributed by atoms with E-state index in [1.807, 2.05) is 31.2 Å². The van der Waals surface area contributed by atoms with Crippen LogP contribution in [0, 0.1) is 0 Å². The quantitative estimate of drug-likeness (QED) is 0.335. The van der Waals surface area contributed by atoms with Crippen LogP contribution in [0.5, 0.6) is 5.75 Å². The van der Waals surface area contributed by atoms with E-state index >= 15 is 0 Å². The molecule has 0 atom stereocenters. The number of sulfonamides is 1.